The number of sulfonamides is 2. The second-order valence-electron chi connectivity index (χ2n) is 22.1. The molecule has 0 spiro atoms. The van der Waals surface area contributed by atoms with Crippen molar-refractivity contribution in [3.8, 4) is 11.5 Å². The smallest absolute Gasteiger partial charge is 0.407 e. The van der Waals surface area contributed by atoms with Gasteiger partial charge in [0.2, 0.25) is 20.0 Å². The Morgan fingerprint density at radius 3 is 1.53 bits per heavy atom. The fraction of sp³-hybridized carbons (Fsp3) is 0.500. The number of aliphatic hydroxyl groups is 2. The van der Waals surface area contributed by atoms with Crippen molar-refractivity contribution < 1.29 is 127 Å². The predicted molar refractivity (Wildman–Crippen MR) is 361 cm³/mol. The minimum absolute atomic E-state index is 0.0110. The molecule has 528 valence electrons. The third-order valence-corrected chi connectivity index (χ3v) is 20.2. The number of rotatable bonds is 28. The van der Waals surface area contributed by atoms with Crippen LogP contribution in [0.3, 0.4) is 0 Å². The van der Waals surface area contributed by atoms with E-state index in [4.69, 9.17) is 90.8 Å². The number of aliphatic hydroxyl groups excluding tert-OH is 2. The van der Waals surface area contributed by atoms with Crippen LogP contribution in [0.1, 0.15) is 128 Å². The SMILES string of the molecule is [2H]C([2H])([2H])c1noc2ccc(S(=O)(=O)N(C[C@@H](O)[C@H](Cc3ccc(OC([2H])([2H])c4csc(C)n4)cc3)NC(=O)O[C@]3([2H])[C@@H]4CCO[C@@H]4OC3([2H])[2H])C([2H])([2H])C([2H])(C([2H])([2H])[2H])C([2H])([2H])[2H])cc12.[2H]C([2H])([2H])c1noc2ccc(S(=O)(=O)N(C[C@@H](O)[C@H](Cc3ccc(OC([2H])([2H])c4csc(C)n4)cc3)NC(=O)O[C@]3([2H])[C@@H]4CCO[C@@H]4OC3([2H])[2H])CC([2H])(C([2H])([2H])[2H])C([2H])([2H])[2H])cc12. The van der Waals surface area contributed by atoms with Gasteiger partial charge in [0, 0.05) is 77.8 Å². The maximum Gasteiger partial charge on any atom is 0.407 e. The van der Waals surface area contributed by atoms with Gasteiger partial charge in [-0.1, -0.05) is 62.0 Å². The summed E-state index contributed by atoms with van der Waals surface area (Å²) < 4.78 is 374. The monoisotopic (exact) mass is 1460 g/mol. The molecular formula is C68H84N8O18S4. The van der Waals surface area contributed by atoms with E-state index in [-0.39, 0.29) is 80.9 Å². The quantitative estimate of drug-likeness (QED) is 0.0355. The van der Waals surface area contributed by atoms with Crippen LogP contribution in [0.4, 0.5) is 9.59 Å². The molecule has 98 heavy (non-hydrogen) atoms. The number of hydrogen-bond donors (Lipinski definition) is 4. The highest BCUT2D eigenvalue weighted by Crippen LogP contribution is 2.35. The Labute approximate surface area is 622 Å². The molecule has 8 aromatic rings. The molecule has 0 bridgehead atoms. The van der Waals surface area contributed by atoms with E-state index < -0.39 is 242 Å². The summed E-state index contributed by atoms with van der Waals surface area (Å²) in [5, 5.41) is 38.8. The normalized spacial score (nSPS) is 29.3. The molecule has 4 aromatic carbocycles. The molecule has 8 heterocycles. The number of benzene rings is 4. The maximum absolute atomic E-state index is 14.7. The van der Waals surface area contributed by atoms with Crippen LogP contribution in [-0.4, -0.2) is 170 Å². The first-order chi connectivity index (χ1) is 59.4. The second-order valence-corrected chi connectivity index (χ2v) is 28.1. The largest absolute Gasteiger partial charge is 0.487 e. The molecule has 0 radical (unpaired) electrons. The van der Waals surface area contributed by atoms with E-state index in [0.717, 1.165) is 30.3 Å². The zero-order valence-corrected chi connectivity index (χ0v) is 54.7. The molecule has 2 amide bonds. The minimum Gasteiger partial charge on any atom is -0.487 e. The van der Waals surface area contributed by atoms with Gasteiger partial charge in [0.15, 0.2) is 23.7 Å². The molecule has 10 atom stereocenters. The fourth-order valence-corrected chi connectivity index (χ4v) is 14.2. The topological polar surface area (TPSA) is 325 Å². The number of nitrogens with one attached hydrogen (secondary N) is 2. The van der Waals surface area contributed by atoms with Crippen LogP contribution in [0.25, 0.3) is 21.9 Å². The number of aromatic nitrogens is 4. The molecule has 4 aliphatic rings. The molecule has 0 aliphatic carbocycles. The van der Waals surface area contributed by atoms with Crippen molar-refractivity contribution in [1.29, 1.82) is 0 Å². The Kier molecular flexibility index (Phi) is 13.5. The fourth-order valence-electron chi connectivity index (χ4n) is 10.3. The minimum atomic E-state index is -5.71. The van der Waals surface area contributed by atoms with Crippen LogP contribution in [-0.2, 0) is 74.4 Å². The predicted octanol–water partition coefficient (Wildman–Crippen LogP) is 9.17. The van der Waals surface area contributed by atoms with E-state index in [9.17, 15) is 36.6 Å². The summed E-state index contributed by atoms with van der Waals surface area (Å²) in [7, 11) is -10.9. The van der Waals surface area contributed by atoms with Crippen molar-refractivity contribution in [3.63, 3.8) is 0 Å². The van der Waals surface area contributed by atoms with Gasteiger partial charge in [-0.15, -0.1) is 22.7 Å². The van der Waals surface area contributed by atoms with Gasteiger partial charge in [-0.3, -0.25) is 0 Å². The number of amides is 2. The summed E-state index contributed by atoms with van der Waals surface area (Å²) in [6.45, 7) is -37.6. The number of hydrogen-bond acceptors (Lipinski definition) is 24. The molecule has 4 fully saturated rings. The van der Waals surface area contributed by atoms with Crippen LogP contribution in [0.15, 0.2) is 115 Å². The third kappa shape index (κ3) is 18.0. The van der Waals surface area contributed by atoms with Gasteiger partial charge >= 0.3 is 12.2 Å². The van der Waals surface area contributed by atoms with E-state index in [2.05, 4.69) is 30.9 Å². The van der Waals surface area contributed by atoms with Gasteiger partial charge in [-0.25, -0.2) is 36.4 Å². The lowest BCUT2D eigenvalue weighted by molar-refractivity contribution is -0.0909. The summed E-state index contributed by atoms with van der Waals surface area (Å²) in [4.78, 5) is 33.9. The highest BCUT2D eigenvalue weighted by Gasteiger charge is 2.46. The molecular weight excluding hydrogens is 1350 g/mol. The molecule has 4 aromatic heterocycles. The Balaban J connectivity index is 0.000000251. The van der Waals surface area contributed by atoms with Crippen LogP contribution in [0.2, 0.25) is 0 Å². The van der Waals surface area contributed by atoms with Crippen molar-refractivity contribution in [2.45, 2.75) is 153 Å². The summed E-state index contributed by atoms with van der Waals surface area (Å²) in [5.41, 5.74) is -1.39. The Morgan fingerprint density at radius 2 is 1.10 bits per heavy atom. The van der Waals surface area contributed by atoms with Crippen molar-refractivity contribution in [2.75, 3.05) is 52.5 Å². The van der Waals surface area contributed by atoms with Gasteiger partial charge in [-0.05, 0) is 137 Å². The van der Waals surface area contributed by atoms with Crippen LogP contribution >= 0.6 is 22.7 Å². The molecule has 4 N–H and O–H groups in total. The van der Waals surface area contributed by atoms with Crippen LogP contribution in [0.5, 0.6) is 11.5 Å². The standard InChI is InChI=1S/2C34H42N4O9S2/c2*1-20(2)15-38(49(41,42)26-9-10-31-28(14-26)21(3)37-47-31)16-30(39)29(36-34(40)46-32-18-45-33-27(32)11-12-43-33)13-23-5-7-25(8-6-23)44-17-24-19-48-22(4)35-24/h2*5-10,14,19-20,27,29-30,32-33,39H,11-13,15-18H2,1-4H3,(H,36,40)/t2*27-,29-,30+,32-,33+/m00/s1/i1D3,2D3,3D3,15D2,17D2,18D2,20D,32D;1D3,2D3,3D3,17D2,18D2,20D,32D. The first-order valence-corrected chi connectivity index (χ1v) is 34.2. The van der Waals surface area contributed by atoms with E-state index in [1.807, 2.05) is 0 Å². The molecule has 12 rings (SSSR count). The Morgan fingerprint density at radius 1 is 0.653 bits per heavy atom. The summed E-state index contributed by atoms with van der Waals surface area (Å²) in [5.74, 6) is -10.2. The summed E-state index contributed by atoms with van der Waals surface area (Å²) in [6.07, 6.45) is -16.6. The zero-order valence-electron chi connectivity index (χ0n) is 83.5. The summed E-state index contributed by atoms with van der Waals surface area (Å²) in [6, 6.07) is 12.2. The van der Waals surface area contributed by atoms with Gasteiger partial charge in [0.05, 0.1) is 119 Å². The average Bonchev–Trinajstić information content (AvgIpc) is 0.909. The second kappa shape index (κ2) is 32.0. The number of alkyl carbamates (subject to hydrolysis) is 2. The zero-order chi connectivity index (χ0) is 97.1. The number of fused-ring (bicyclic) bond motifs is 4. The van der Waals surface area contributed by atoms with Crippen LogP contribution in [0, 0.1) is 51.2 Å². The maximum atomic E-state index is 14.7. The van der Waals surface area contributed by atoms with E-state index in [1.165, 1.54) is 82.0 Å². The molecule has 26 nitrogen and oxygen atoms in total. The van der Waals surface area contributed by atoms with E-state index in [0.29, 0.717) is 16.1 Å². The molecule has 0 saturated carbocycles. The molecule has 0 unspecified atom stereocenters. The van der Waals surface area contributed by atoms with Gasteiger partial charge < -0.3 is 67.8 Å². The number of thiazole rings is 2. The van der Waals surface area contributed by atoms with Crippen molar-refractivity contribution in [3.05, 3.63) is 140 Å². The van der Waals surface area contributed by atoms with Gasteiger partial charge in [0.1, 0.15) is 36.8 Å². The Bertz CT molecular complexity index is 5640. The highest BCUT2D eigenvalue weighted by atomic mass is 32.2. The Hall–Kier alpha value is -7.20. The van der Waals surface area contributed by atoms with Gasteiger partial charge in [-0.2, -0.15) is 8.61 Å². The number of carbonyl (C=O) groups excluding carboxylic acids is 2. The van der Waals surface area contributed by atoms with Crippen molar-refractivity contribution >= 4 is 76.8 Å². The number of ether oxygens (including phenoxy) is 8. The number of nitrogens with zero attached hydrogens (tertiary/aromatic N) is 6. The number of aryl methyl sites for hydroxylation is 4. The van der Waals surface area contributed by atoms with Crippen molar-refractivity contribution in [2.24, 2.45) is 23.6 Å². The third-order valence-electron chi connectivity index (χ3n) is 15.2. The lowest BCUT2D eigenvalue weighted by atomic mass is 10.0. The first kappa shape index (κ1) is 41.5. The first-order valence-electron chi connectivity index (χ1n) is 45.5. The molecule has 30 heteroatoms. The lowest BCUT2D eigenvalue weighted by Gasteiger charge is -2.31. The lowest BCUT2D eigenvalue weighted by Crippen LogP contribution is -2.51. The van der Waals surface area contributed by atoms with Crippen LogP contribution < -0.4 is 20.1 Å². The van der Waals surface area contributed by atoms with E-state index in [1.54, 1.807) is 13.8 Å². The highest BCUT2D eigenvalue weighted by molar-refractivity contribution is 7.89. The summed E-state index contributed by atoms with van der Waals surface area (Å²) >= 11 is 2.39. The molecule has 4 saturated heterocycles. The average molecular weight is 1460 g/mol. The molecule has 4 aliphatic heterocycles. The number of carbonyl (C=O) groups is 2. The van der Waals surface area contributed by atoms with Crippen molar-refractivity contribution in [1.82, 2.24) is 39.5 Å². The van der Waals surface area contributed by atoms with E-state index >= 15 is 0 Å². The van der Waals surface area contributed by atoms with Gasteiger partial charge in [0.25, 0.3) is 0 Å².